The Morgan fingerprint density at radius 1 is 1.09 bits per heavy atom. The zero-order chi connectivity index (χ0) is 17.3. The van der Waals surface area contributed by atoms with Gasteiger partial charge in [0.25, 0.3) is 0 Å². The molecule has 1 aromatic carbocycles. The normalized spacial score (nSPS) is 19.2. The number of hydrogen-bond acceptors (Lipinski definition) is 4. The molecule has 126 valence electrons. The van der Waals surface area contributed by atoms with Crippen molar-refractivity contribution in [3.05, 3.63) is 24.3 Å². The molecule has 4 nitrogen and oxygen atoms in total. The summed E-state index contributed by atoms with van der Waals surface area (Å²) in [5.41, 5.74) is 0.246. The van der Waals surface area contributed by atoms with E-state index < -0.39 is 0 Å². The number of hydrogen-bond donors (Lipinski definition) is 0. The van der Waals surface area contributed by atoms with Crippen LogP contribution in [0, 0.1) is 5.92 Å². The van der Waals surface area contributed by atoms with Crippen molar-refractivity contribution in [3.63, 3.8) is 0 Å². The van der Waals surface area contributed by atoms with E-state index in [-0.39, 0.29) is 30.7 Å². The summed E-state index contributed by atoms with van der Waals surface area (Å²) in [5.74, 6) is 1.16. The summed E-state index contributed by atoms with van der Waals surface area (Å²) in [6.45, 7) is 12.3. The van der Waals surface area contributed by atoms with Crippen LogP contribution in [0.4, 0.5) is 0 Å². The number of rotatable bonds is 6. The summed E-state index contributed by atoms with van der Waals surface area (Å²) in [5, 5.41) is 0. The van der Waals surface area contributed by atoms with Crippen LogP contribution >= 0.6 is 0 Å². The predicted octanol–water partition coefficient (Wildman–Crippen LogP) is 2.98. The van der Waals surface area contributed by atoms with Gasteiger partial charge >= 0.3 is 7.12 Å². The van der Waals surface area contributed by atoms with E-state index in [0.29, 0.717) is 18.1 Å². The minimum absolute atomic E-state index is 0.119. The highest BCUT2D eigenvalue weighted by Crippen LogP contribution is 2.36. The highest BCUT2D eigenvalue weighted by atomic mass is 16.7. The number of ketones is 1. The maximum Gasteiger partial charge on any atom is 0.494 e. The molecule has 0 N–H and O–H groups in total. The molecule has 0 unspecified atom stereocenters. The van der Waals surface area contributed by atoms with Gasteiger partial charge < -0.3 is 14.0 Å². The maximum atomic E-state index is 11.7. The molecule has 0 saturated carbocycles. The van der Waals surface area contributed by atoms with Gasteiger partial charge in [0.15, 0.2) is 5.78 Å². The number of carbonyl (C=O) groups is 1. The third-order valence-corrected chi connectivity index (χ3v) is 4.44. The summed E-state index contributed by atoms with van der Waals surface area (Å²) >= 11 is 0. The van der Waals surface area contributed by atoms with Crippen molar-refractivity contribution in [1.29, 1.82) is 0 Å². The molecular weight excluding hydrogens is 291 g/mol. The summed E-state index contributed by atoms with van der Waals surface area (Å²) in [6.07, 6.45) is 0.548. The minimum Gasteiger partial charge on any atom is -0.486 e. The van der Waals surface area contributed by atoms with Crippen LogP contribution in [-0.4, -0.2) is 30.7 Å². The number of carbonyl (C=O) groups excluding carboxylic acids is 1. The zero-order valence-electron chi connectivity index (χ0n) is 15.0. The first kappa shape index (κ1) is 18.0. The smallest absolute Gasteiger partial charge is 0.486 e. The second-order valence-corrected chi connectivity index (χ2v) is 7.58. The van der Waals surface area contributed by atoms with Gasteiger partial charge in [-0.3, -0.25) is 4.79 Å². The van der Waals surface area contributed by atoms with Crippen molar-refractivity contribution in [2.24, 2.45) is 5.92 Å². The first-order valence-corrected chi connectivity index (χ1v) is 8.21. The fourth-order valence-electron chi connectivity index (χ4n) is 2.38. The Morgan fingerprint density at radius 3 is 2.09 bits per heavy atom. The van der Waals surface area contributed by atoms with Gasteiger partial charge in [0.2, 0.25) is 0 Å². The van der Waals surface area contributed by atoms with Crippen LogP contribution in [0.25, 0.3) is 0 Å². The molecule has 1 aliphatic heterocycles. The largest absolute Gasteiger partial charge is 0.494 e. The molecule has 0 radical (unpaired) electrons. The third-order valence-electron chi connectivity index (χ3n) is 4.44. The first-order chi connectivity index (χ1) is 10.6. The standard InChI is InChI=1S/C18H27BO4/c1-13(2)11-15(20)12-21-16-9-7-14(8-10-16)19-22-17(3,4)18(5,6)23-19/h7-10,13H,11-12H2,1-6H3. The van der Waals surface area contributed by atoms with E-state index in [0.717, 1.165) is 5.46 Å². The van der Waals surface area contributed by atoms with Crippen molar-refractivity contribution in [3.8, 4) is 5.75 Å². The molecule has 0 aliphatic carbocycles. The van der Waals surface area contributed by atoms with Gasteiger partial charge in [0, 0.05) is 6.42 Å². The van der Waals surface area contributed by atoms with Crippen molar-refractivity contribution >= 4 is 18.4 Å². The number of benzene rings is 1. The third kappa shape index (κ3) is 4.36. The SMILES string of the molecule is CC(C)CC(=O)COc1ccc(B2OC(C)(C)C(C)(C)O2)cc1. The Morgan fingerprint density at radius 2 is 1.61 bits per heavy atom. The van der Waals surface area contributed by atoms with Gasteiger partial charge in [-0.1, -0.05) is 26.0 Å². The summed E-state index contributed by atoms with van der Waals surface area (Å²) in [4.78, 5) is 11.7. The Bertz CT molecular complexity index is 533. The van der Waals surface area contributed by atoms with E-state index in [1.807, 2.05) is 65.8 Å². The Kier molecular flexibility index (Phi) is 5.22. The van der Waals surface area contributed by atoms with Crippen LogP contribution in [0.1, 0.15) is 48.0 Å². The second-order valence-electron chi connectivity index (χ2n) is 7.58. The van der Waals surface area contributed by atoms with E-state index >= 15 is 0 Å². The molecule has 0 spiro atoms. The highest BCUT2D eigenvalue weighted by molar-refractivity contribution is 6.62. The van der Waals surface area contributed by atoms with Gasteiger partial charge in [-0.15, -0.1) is 0 Å². The molecule has 0 atom stereocenters. The van der Waals surface area contributed by atoms with Crippen molar-refractivity contribution in [1.82, 2.24) is 0 Å². The molecular formula is C18H27BO4. The van der Waals surface area contributed by atoms with Crippen LogP contribution < -0.4 is 10.2 Å². The van der Waals surface area contributed by atoms with Crippen LogP contribution in [0.5, 0.6) is 5.75 Å². The van der Waals surface area contributed by atoms with E-state index in [1.54, 1.807) is 0 Å². The molecule has 0 aromatic heterocycles. The Hall–Kier alpha value is -1.33. The zero-order valence-corrected chi connectivity index (χ0v) is 15.0. The topological polar surface area (TPSA) is 44.8 Å². The molecule has 0 bridgehead atoms. The van der Waals surface area contributed by atoms with Crippen LogP contribution in [0.3, 0.4) is 0 Å². The van der Waals surface area contributed by atoms with Crippen molar-refractivity contribution in [2.75, 3.05) is 6.61 Å². The number of Topliss-reactive ketones (excluding diaryl/α,β-unsaturated/α-hetero) is 1. The van der Waals surface area contributed by atoms with Gasteiger partial charge in [0.1, 0.15) is 12.4 Å². The average molecular weight is 318 g/mol. The lowest BCUT2D eigenvalue weighted by atomic mass is 9.79. The lowest BCUT2D eigenvalue weighted by Gasteiger charge is -2.32. The molecule has 0 amide bonds. The summed E-state index contributed by atoms with van der Waals surface area (Å²) < 4.78 is 17.6. The first-order valence-electron chi connectivity index (χ1n) is 8.21. The molecule has 1 aromatic rings. The van der Waals surface area contributed by atoms with Crippen LogP contribution in [0.15, 0.2) is 24.3 Å². The van der Waals surface area contributed by atoms with Crippen molar-refractivity contribution in [2.45, 2.75) is 59.2 Å². The fraction of sp³-hybridized carbons (Fsp3) is 0.611. The lowest BCUT2D eigenvalue weighted by molar-refractivity contribution is -0.121. The predicted molar refractivity (Wildman–Crippen MR) is 92.1 cm³/mol. The fourth-order valence-corrected chi connectivity index (χ4v) is 2.38. The van der Waals surface area contributed by atoms with Crippen LogP contribution in [-0.2, 0) is 14.1 Å². The average Bonchev–Trinajstić information content (AvgIpc) is 2.65. The quantitative estimate of drug-likeness (QED) is 0.757. The molecule has 1 saturated heterocycles. The van der Waals surface area contributed by atoms with E-state index in [2.05, 4.69) is 0 Å². The second kappa shape index (κ2) is 6.66. The van der Waals surface area contributed by atoms with Gasteiger partial charge in [-0.05, 0) is 51.2 Å². The molecule has 5 heteroatoms. The maximum absolute atomic E-state index is 11.7. The summed E-state index contributed by atoms with van der Waals surface area (Å²) in [7, 11) is -0.378. The van der Waals surface area contributed by atoms with E-state index in [1.165, 1.54) is 0 Å². The molecule has 1 fully saturated rings. The Balaban J connectivity index is 1.94. The van der Waals surface area contributed by atoms with Gasteiger partial charge in [-0.2, -0.15) is 0 Å². The lowest BCUT2D eigenvalue weighted by Crippen LogP contribution is -2.41. The molecule has 1 aliphatic rings. The minimum atomic E-state index is -0.378. The van der Waals surface area contributed by atoms with E-state index in [9.17, 15) is 4.79 Å². The molecule has 23 heavy (non-hydrogen) atoms. The Labute approximate surface area is 139 Å². The monoisotopic (exact) mass is 318 g/mol. The van der Waals surface area contributed by atoms with Gasteiger partial charge in [0.05, 0.1) is 11.2 Å². The summed E-state index contributed by atoms with van der Waals surface area (Å²) in [6, 6.07) is 7.54. The highest BCUT2D eigenvalue weighted by Gasteiger charge is 2.51. The number of ether oxygens (including phenoxy) is 1. The molecule has 1 heterocycles. The van der Waals surface area contributed by atoms with Crippen LogP contribution in [0.2, 0.25) is 0 Å². The van der Waals surface area contributed by atoms with Gasteiger partial charge in [-0.25, -0.2) is 0 Å². The van der Waals surface area contributed by atoms with E-state index in [4.69, 9.17) is 14.0 Å². The molecule has 2 rings (SSSR count). The van der Waals surface area contributed by atoms with Crippen molar-refractivity contribution < 1.29 is 18.8 Å².